The van der Waals surface area contributed by atoms with Gasteiger partial charge < -0.3 is 10.2 Å². The predicted molar refractivity (Wildman–Crippen MR) is 75.2 cm³/mol. The highest BCUT2D eigenvalue weighted by atomic mass is 32.2. The molecular weight excluding hydrogens is 264 g/mol. The molecule has 1 heterocycles. The summed E-state index contributed by atoms with van der Waals surface area (Å²) in [4.78, 5) is 0.185. The van der Waals surface area contributed by atoms with Gasteiger partial charge >= 0.3 is 0 Å². The topological polar surface area (TPSA) is 85.3 Å². The Morgan fingerprint density at radius 1 is 1.32 bits per heavy atom. The molecule has 1 unspecified atom stereocenters. The van der Waals surface area contributed by atoms with E-state index in [0.29, 0.717) is 17.4 Å². The highest BCUT2D eigenvalue weighted by Crippen LogP contribution is 2.20. The van der Waals surface area contributed by atoms with Crippen LogP contribution in [0.1, 0.15) is 45.1 Å². The molecule has 1 aromatic rings. The van der Waals surface area contributed by atoms with Gasteiger partial charge in [0.1, 0.15) is 16.4 Å². The molecule has 0 saturated carbocycles. The lowest BCUT2D eigenvalue weighted by Crippen LogP contribution is -2.32. The van der Waals surface area contributed by atoms with Crippen molar-refractivity contribution in [2.45, 2.75) is 58.0 Å². The summed E-state index contributed by atoms with van der Waals surface area (Å²) in [6.07, 6.45) is 1.81. The van der Waals surface area contributed by atoms with Gasteiger partial charge in [-0.25, -0.2) is 13.1 Å². The van der Waals surface area contributed by atoms with Gasteiger partial charge in [-0.3, -0.25) is 0 Å². The Bertz CT molecular complexity index is 506. The first kappa shape index (κ1) is 16.2. The van der Waals surface area contributed by atoms with Crippen LogP contribution < -0.4 is 10.5 Å². The van der Waals surface area contributed by atoms with Crippen LogP contribution in [0, 0.1) is 12.8 Å². The molecule has 110 valence electrons. The van der Waals surface area contributed by atoms with Crippen LogP contribution in [0.5, 0.6) is 0 Å². The van der Waals surface area contributed by atoms with E-state index in [4.69, 9.17) is 10.2 Å². The maximum absolute atomic E-state index is 12.2. The average Bonchev–Trinajstić information content (AvgIpc) is 2.68. The number of sulfonamides is 1. The molecule has 19 heavy (non-hydrogen) atoms. The molecule has 6 heteroatoms. The summed E-state index contributed by atoms with van der Waals surface area (Å²) in [7, 11) is -3.53. The van der Waals surface area contributed by atoms with Crippen molar-refractivity contribution in [1.82, 2.24) is 4.72 Å². The maximum atomic E-state index is 12.2. The van der Waals surface area contributed by atoms with Gasteiger partial charge in [0, 0.05) is 12.1 Å². The van der Waals surface area contributed by atoms with Crippen molar-refractivity contribution in [2.75, 3.05) is 0 Å². The molecule has 0 aliphatic carbocycles. The van der Waals surface area contributed by atoms with E-state index in [1.807, 2.05) is 6.92 Å². The van der Waals surface area contributed by atoms with E-state index in [2.05, 4.69) is 18.6 Å². The summed E-state index contributed by atoms with van der Waals surface area (Å²) in [5, 5.41) is 0. The summed E-state index contributed by atoms with van der Waals surface area (Å²) in [5.41, 5.74) is 5.45. The lowest BCUT2D eigenvalue weighted by atomic mass is 10.1. The fourth-order valence-corrected chi connectivity index (χ4v) is 3.34. The second-order valence-corrected chi connectivity index (χ2v) is 7.01. The molecule has 0 amide bonds. The Labute approximate surface area is 115 Å². The van der Waals surface area contributed by atoms with E-state index >= 15 is 0 Å². The Hall–Kier alpha value is -0.850. The number of aryl methyl sites for hydroxylation is 1. The van der Waals surface area contributed by atoms with E-state index in [0.717, 1.165) is 12.8 Å². The van der Waals surface area contributed by atoms with Gasteiger partial charge in [-0.15, -0.1) is 0 Å². The second-order valence-electron chi connectivity index (χ2n) is 5.33. The lowest BCUT2D eigenvalue weighted by Gasteiger charge is -2.14. The minimum atomic E-state index is -3.53. The molecule has 0 aromatic carbocycles. The van der Waals surface area contributed by atoms with Crippen LogP contribution in [-0.4, -0.2) is 14.5 Å². The zero-order chi connectivity index (χ0) is 14.6. The standard InChI is InChI=1S/C13H24N2O3S/c1-9(2)5-6-10(3)15-19(16,17)13-7-12(8-14)18-11(13)4/h7,9-10,15H,5-6,8,14H2,1-4H3. The second kappa shape index (κ2) is 6.54. The van der Waals surface area contributed by atoms with Crippen molar-refractivity contribution in [2.24, 2.45) is 11.7 Å². The van der Waals surface area contributed by atoms with Crippen LogP contribution in [0.25, 0.3) is 0 Å². The quantitative estimate of drug-likeness (QED) is 0.805. The summed E-state index contributed by atoms with van der Waals surface area (Å²) >= 11 is 0. The van der Waals surface area contributed by atoms with Gasteiger partial charge in [-0.05, 0) is 32.6 Å². The van der Waals surface area contributed by atoms with Gasteiger partial charge in [0.05, 0.1) is 6.54 Å². The normalized spacial score (nSPS) is 14.0. The van der Waals surface area contributed by atoms with Crippen LogP contribution in [0.15, 0.2) is 15.4 Å². The van der Waals surface area contributed by atoms with E-state index in [1.54, 1.807) is 6.92 Å². The molecule has 0 spiro atoms. The summed E-state index contributed by atoms with van der Waals surface area (Å²) < 4.78 is 32.4. The molecule has 0 fully saturated rings. The smallest absolute Gasteiger partial charge is 0.244 e. The fourth-order valence-electron chi connectivity index (χ4n) is 1.86. The van der Waals surface area contributed by atoms with Crippen molar-refractivity contribution >= 4 is 10.0 Å². The third-order valence-electron chi connectivity index (χ3n) is 2.95. The van der Waals surface area contributed by atoms with Crippen LogP contribution in [0.4, 0.5) is 0 Å². The first-order valence-corrected chi connectivity index (χ1v) is 8.06. The van der Waals surface area contributed by atoms with Crippen molar-refractivity contribution < 1.29 is 12.8 Å². The minimum Gasteiger partial charge on any atom is -0.464 e. The molecule has 1 atom stereocenters. The van der Waals surface area contributed by atoms with Gasteiger partial charge in [0.2, 0.25) is 10.0 Å². The Morgan fingerprint density at radius 2 is 1.95 bits per heavy atom. The highest BCUT2D eigenvalue weighted by molar-refractivity contribution is 7.89. The van der Waals surface area contributed by atoms with E-state index < -0.39 is 10.0 Å². The molecule has 0 aliphatic rings. The Kier molecular flexibility index (Phi) is 5.58. The van der Waals surface area contributed by atoms with Crippen LogP contribution >= 0.6 is 0 Å². The third kappa shape index (κ3) is 4.63. The minimum absolute atomic E-state index is 0.0944. The number of hydrogen-bond acceptors (Lipinski definition) is 4. The maximum Gasteiger partial charge on any atom is 0.244 e. The average molecular weight is 288 g/mol. The SMILES string of the molecule is Cc1oc(CN)cc1S(=O)(=O)NC(C)CCC(C)C. The molecular formula is C13H24N2O3S. The van der Waals surface area contributed by atoms with Crippen molar-refractivity contribution in [3.63, 3.8) is 0 Å². The number of furan rings is 1. The first-order valence-electron chi connectivity index (χ1n) is 6.58. The van der Waals surface area contributed by atoms with Crippen LogP contribution in [-0.2, 0) is 16.6 Å². The predicted octanol–water partition coefficient (Wildman–Crippen LogP) is 2.15. The molecule has 0 radical (unpaired) electrons. The first-order chi connectivity index (χ1) is 8.76. The van der Waals surface area contributed by atoms with Crippen molar-refractivity contribution in [3.8, 4) is 0 Å². The molecule has 1 rings (SSSR count). The van der Waals surface area contributed by atoms with E-state index in [9.17, 15) is 8.42 Å². The lowest BCUT2D eigenvalue weighted by molar-refractivity contribution is 0.473. The Balaban J connectivity index is 2.77. The Morgan fingerprint density at radius 3 is 2.42 bits per heavy atom. The zero-order valence-corrected chi connectivity index (χ0v) is 12.9. The molecule has 0 aliphatic heterocycles. The molecule has 0 saturated heterocycles. The number of nitrogens with one attached hydrogen (secondary N) is 1. The number of rotatable bonds is 7. The molecule has 3 N–H and O–H groups in total. The summed E-state index contributed by atoms with van der Waals surface area (Å²) in [5.74, 6) is 1.42. The van der Waals surface area contributed by atoms with E-state index in [-0.39, 0.29) is 17.5 Å². The number of hydrogen-bond donors (Lipinski definition) is 2. The van der Waals surface area contributed by atoms with Crippen molar-refractivity contribution in [3.05, 3.63) is 17.6 Å². The number of nitrogens with two attached hydrogens (primary N) is 1. The summed E-state index contributed by atoms with van der Waals surface area (Å²) in [6.45, 7) is 7.94. The third-order valence-corrected chi connectivity index (χ3v) is 4.64. The monoisotopic (exact) mass is 288 g/mol. The van der Waals surface area contributed by atoms with Gasteiger partial charge in [-0.2, -0.15) is 0 Å². The fraction of sp³-hybridized carbons (Fsp3) is 0.692. The highest BCUT2D eigenvalue weighted by Gasteiger charge is 2.23. The molecule has 0 bridgehead atoms. The van der Waals surface area contributed by atoms with Crippen LogP contribution in [0.2, 0.25) is 0 Å². The summed E-state index contributed by atoms with van der Waals surface area (Å²) in [6, 6.07) is 1.40. The molecule has 5 nitrogen and oxygen atoms in total. The zero-order valence-electron chi connectivity index (χ0n) is 12.1. The van der Waals surface area contributed by atoms with Gasteiger partial charge in [0.25, 0.3) is 0 Å². The van der Waals surface area contributed by atoms with Gasteiger partial charge in [0.15, 0.2) is 0 Å². The van der Waals surface area contributed by atoms with Crippen molar-refractivity contribution in [1.29, 1.82) is 0 Å². The largest absolute Gasteiger partial charge is 0.464 e. The van der Waals surface area contributed by atoms with E-state index in [1.165, 1.54) is 6.07 Å². The molecule has 1 aromatic heterocycles. The van der Waals surface area contributed by atoms with Crippen LogP contribution in [0.3, 0.4) is 0 Å². The van der Waals surface area contributed by atoms with Gasteiger partial charge in [-0.1, -0.05) is 13.8 Å².